The molecule has 7 nitrogen and oxygen atoms in total. The molecule has 0 aliphatic heterocycles. The Hall–Kier alpha value is -3.41. The molecule has 0 N–H and O–H groups in total. The summed E-state index contributed by atoms with van der Waals surface area (Å²) in [7, 11) is 5.02. The molecule has 2 aromatic heterocycles. The highest BCUT2D eigenvalue weighted by Gasteiger charge is 2.31. The van der Waals surface area contributed by atoms with Gasteiger partial charge in [0.25, 0.3) is 0 Å². The first kappa shape index (κ1) is 26.2. The van der Waals surface area contributed by atoms with Gasteiger partial charge in [0.15, 0.2) is 5.78 Å². The third-order valence-corrected chi connectivity index (χ3v) is 5.00. The van der Waals surface area contributed by atoms with Crippen molar-refractivity contribution in [1.82, 2.24) is 14.3 Å². The van der Waals surface area contributed by atoms with Gasteiger partial charge in [-0.3, -0.25) is 9.20 Å². The van der Waals surface area contributed by atoms with Gasteiger partial charge in [0.05, 0.1) is 25.4 Å². The zero-order valence-electron chi connectivity index (χ0n) is 19.2. The lowest BCUT2D eigenvalue weighted by atomic mass is 10.0. The summed E-state index contributed by atoms with van der Waals surface area (Å²) in [5, 5.41) is 0. The smallest absolute Gasteiger partial charge is 0.389 e. The first-order chi connectivity index (χ1) is 16.5. The van der Waals surface area contributed by atoms with Crippen LogP contribution in [0, 0.1) is 0 Å². The SMILES string of the molecule is COc1cc(-c2cnc3cc(OCCN(C)C)ccn23)cc(OC(F)F)c1C(=O)CCC(F)(F)F. The van der Waals surface area contributed by atoms with Crippen LogP contribution in [0.15, 0.2) is 36.7 Å². The van der Waals surface area contributed by atoms with Crippen molar-refractivity contribution >= 4 is 11.4 Å². The number of imidazole rings is 1. The van der Waals surface area contributed by atoms with E-state index in [0.717, 1.165) is 6.07 Å². The molecule has 0 bridgehead atoms. The van der Waals surface area contributed by atoms with Crippen LogP contribution in [0.1, 0.15) is 23.2 Å². The van der Waals surface area contributed by atoms with E-state index in [1.54, 1.807) is 22.7 Å². The maximum Gasteiger partial charge on any atom is 0.389 e. The maximum absolute atomic E-state index is 13.1. The third kappa shape index (κ3) is 6.81. The lowest BCUT2D eigenvalue weighted by Gasteiger charge is -2.16. The number of alkyl halides is 5. The monoisotopic (exact) mass is 501 g/mol. The van der Waals surface area contributed by atoms with Crippen molar-refractivity contribution in [2.45, 2.75) is 25.6 Å². The molecule has 0 atom stereocenters. The minimum Gasteiger partial charge on any atom is -0.496 e. The maximum atomic E-state index is 13.1. The zero-order valence-corrected chi connectivity index (χ0v) is 19.2. The van der Waals surface area contributed by atoms with Gasteiger partial charge in [-0.05, 0) is 32.3 Å². The topological polar surface area (TPSA) is 65.3 Å². The van der Waals surface area contributed by atoms with Crippen molar-refractivity contribution in [3.8, 4) is 28.5 Å². The van der Waals surface area contributed by atoms with Crippen LogP contribution in [0.4, 0.5) is 22.0 Å². The standard InChI is InChI=1S/C23H24F5N3O4/c1-30(2)8-9-34-15-5-7-31-16(13-29-20(31)12-15)14-10-18(33-3)21(19(11-14)35-22(24)25)17(32)4-6-23(26,27)28/h5,7,10-13,22H,4,6,8-9H2,1-3H3. The van der Waals surface area contributed by atoms with E-state index < -0.39 is 42.7 Å². The van der Waals surface area contributed by atoms with Crippen molar-refractivity contribution in [3.63, 3.8) is 0 Å². The van der Waals surface area contributed by atoms with Gasteiger partial charge in [0.2, 0.25) is 0 Å². The number of fused-ring (bicyclic) bond motifs is 1. The number of aromatic nitrogens is 2. The molecule has 0 unspecified atom stereocenters. The Kier molecular flexibility index (Phi) is 8.15. The van der Waals surface area contributed by atoms with Gasteiger partial charge in [-0.1, -0.05) is 0 Å². The zero-order chi connectivity index (χ0) is 25.8. The van der Waals surface area contributed by atoms with Crippen molar-refractivity contribution in [2.24, 2.45) is 0 Å². The molecule has 1 aromatic carbocycles. The first-order valence-electron chi connectivity index (χ1n) is 10.5. The molecule has 0 amide bonds. The fourth-order valence-corrected chi connectivity index (χ4v) is 3.35. The predicted octanol–water partition coefficient (Wildman–Crippen LogP) is 5.08. The van der Waals surface area contributed by atoms with E-state index in [1.807, 2.05) is 19.0 Å². The van der Waals surface area contributed by atoms with Crippen LogP contribution >= 0.6 is 0 Å². The predicted molar refractivity (Wildman–Crippen MR) is 117 cm³/mol. The number of hydrogen-bond acceptors (Lipinski definition) is 6. The van der Waals surface area contributed by atoms with Gasteiger partial charge in [0.1, 0.15) is 35.1 Å². The summed E-state index contributed by atoms with van der Waals surface area (Å²) in [6.07, 6.45) is -3.78. The number of halogens is 5. The molecule has 190 valence electrons. The van der Waals surface area contributed by atoms with Gasteiger partial charge in [-0.15, -0.1) is 0 Å². The molecule has 0 aliphatic carbocycles. The summed E-state index contributed by atoms with van der Waals surface area (Å²) in [4.78, 5) is 18.8. The summed E-state index contributed by atoms with van der Waals surface area (Å²) < 4.78 is 81.0. The summed E-state index contributed by atoms with van der Waals surface area (Å²) in [6.45, 7) is -2.13. The average molecular weight is 501 g/mol. The molecule has 0 aliphatic rings. The quantitative estimate of drug-likeness (QED) is 0.270. The number of pyridine rings is 1. The molecular formula is C23H24F5N3O4. The number of rotatable bonds is 11. The van der Waals surface area contributed by atoms with Gasteiger partial charge in [0, 0.05) is 30.8 Å². The molecule has 2 heterocycles. The van der Waals surface area contributed by atoms with E-state index >= 15 is 0 Å². The molecule has 3 aromatic rings. The van der Waals surface area contributed by atoms with Gasteiger partial charge < -0.3 is 19.1 Å². The molecule has 35 heavy (non-hydrogen) atoms. The number of ether oxygens (including phenoxy) is 3. The Balaban J connectivity index is 1.99. The average Bonchev–Trinajstić information content (AvgIpc) is 3.19. The van der Waals surface area contributed by atoms with Gasteiger partial charge in [-0.2, -0.15) is 22.0 Å². The lowest BCUT2D eigenvalue weighted by molar-refractivity contribution is -0.133. The summed E-state index contributed by atoms with van der Waals surface area (Å²) in [6, 6.07) is 5.92. The van der Waals surface area contributed by atoms with Gasteiger partial charge in [-0.25, -0.2) is 4.98 Å². The van der Waals surface area contributed by atoms with Crippen molar-refractivity contribution < 1.29 is 41.0 Å². The third-order valence-electron chi connectivity index (χ3n) is 5.00. The Labute approximate surface area is 198 Å². The van der Waals surface area contributed by atoms with Crippen LogP contribution in [-0.4, -0.2) is 67.2 Å². The number of carbonyl (C=O) groups excluding carboxylic acids is 1. The molecule has 0 spiro atoms. The Morgan fingerprint density at radius 3 is 2.51 bits per heavy atom. The minimum absolute atomic E-state index is 0.191. The Morgan fingerprint density at radius 2 is 1.89 bits per heavy atom. The minimum atomic E-state index is -4.59. The van der Waals surface area contributed by atoms with E-state index in [4.69, 9.17) is 9.47 Å². The molecule has 0 fully saturated rings. The molecular weight excluding hydrogens is 477 g/mol. The van der Waals surface area contributed by atoms with E-state index in [1.165, 1.54) is 19.4 Å². The lowest BCUT2D eigenvalue weighted by Crippen LogP contribution is -2.19. The Morgan fingerprint density at radius 1 is 1.17 bits per heavy atom. The van der Waals surface area contributed by atoms with Crippen molar-refractivity contribution in [3.05, 3.63) is 42.2 Å². The normalized spacial score (nSPS) is 11.9. The van der Waals surface area contributed by atoms with Crippen LogP contribution in [0.3, 0.4) is 0 Å². The van der Waals surface area contributed by atoms with E-state index in [2.05, 4.69) is 9.72 Å². The van der Waals surface area contributed by atoms with Crippen molar-refractivity contribution in [1.29, 1.82) is 0 Å². The number of likely N-dealkylation sites (N-methyl/N-ethyl adjacent to an activating group) is 1. The summed E-state index contributed by atoms with van der Waals surface area (Å²) in [5.74, 6) is -1.22. The fraction of sp³-hybridized carbons (Fsp3) is 0.391. The second-order valence-electron chi connectivity index (χ2n) is 7.85. The van der Waals surface area contributed by atoms with Crippen LogP contribution in [0.2, 0.25) is 0 Å². The van der Waals surface area contributed by atoms with E-state index in [0.29, 0.717) is 35.8 Å². The van der Waals surface area contributed by atoms with Crippen LogP contribution < -0.4 is 14.2 Å². The van der Waals surface area contributed by atoms with E-state index in [9.17, 15) is 26.7 Å². The number of Topliss-reactive ketones (excluding diaryl/α,β-unsaturated/α-hetero) is 1. The number of methoxy groups -OCH3 is 1. The Bertz CT molecular complexity index is 1180. The van der Waals surface area contributed by atoms with Crippen LogP contribution in [0.5, 0.6) is 17.2 Å². The van der Waals surface area contributed by atoms with Crippen molar-refractivity contribution in [2.75, 3.05) is 34.4 Å². The second-order valence-corrected chi connectivity index (χ2v) is 7.85. The number of carbonyl (C=O) groups is 1. The molecule has 0 saturated carbocycles. The number of nitrogens with zero attached hydrogens (tertiary/aromatic N) is 3. The van der Waals surface area contributed by atoms with Crippen LogP contribution in [-0.2, 0) is 0 Å². The fourth-order valence-electron chi connectivity index (χ4n) is 3.35. The second kappa shape index (κ2) is 10.9. The molecule has 12 heteroatoms. The molecule has 0 radical (unpaired) electrons. The molecule has 3 rings (SSSR count). The van der Waals surface area contributed by atoms with E-state index in [-0.39, 0.29) is 5.75 Å². The molecule has 0 saturated heterocycles. The highest BCUT2D eigenvalue weighted by Crippen LogP contribution is 2.38. The number of ketones is 1. The number of hydrogen-bond donors (Lipinski definition) is 0. The first-order valence-corrected chi connectivity index (χ1v) is 10.5. The number of benzene rings is 1. The summed E-state index contributed by atoms with van der Waals surface area (Å²) >= 11 is 0. The highest BCUT2D eigenvalue weighted by molar-refractivity contribution is 6.02. The van der Waals surface area contributed by atoms with Crippen LogP contribution in [0.25, 0.3) is 16.9 Å². The summed E-state index contributed by atoms with van der Waals surface area (Å²) in [5.41, 5.74) is 0.777. The largest absolute Gasteiger partial charge is 0.496 e. The van der Waals surface area contributed by atoms with Gasteiger partial charge >= 0.3 is 12.8 Å². The highest BCUT2D eigenvalue weighted by atomic mass is 19.4.